The van der Waals surface area contributed by atoms with Gasteiger partial charge in [0.05, 0.1) is 12.1 Å². The first-order valence-corrected chi connectivity index (χ1v) is 7.91. The summed E-state index contributed by atoms with van der Waals surface area (Å²) in [6.45, 7) is 7.30. The molecule has 2 aliphatic rings. The average molecular weight is 274 g/mol. The molecule has 0 saturated carbocycles. The summed E-state index contributed by atoms with van der Waals surface area (Å²) < 4.78 is 5.95. The Morgan fingerprint density at radius 3 is 2.40 bits per heavy atom. The zero-order valence-corrected chi connectivity index (χ0v) is 12.7. The summed E-state index contributed by atoms with van der Waals surface area (Å²) >= 11 is 0. The van der Waals surface area contributed by atoms with Crippen molar-refractivity contribution in [3.63, 3.8) is 0 Å². The van der Waals surface area contributed by atoms with Crippen LogP contribution in [0.1, 0.15) is 48.4 Å². The Kier molecular flexibility index (Phi) is 3.99. The van der Waals surface area contributed by atoms with Gasteiger partial charge in [0.1, 0.15) is 12.4 Å². The Labute approximate surface area is 122 Å². The summed E-state index contributed by atoms with van der Waals surface area (Å²) in [6.07, 6.45) is 5.30. The van der Waals surface area contributed by atoms with Crippen LogP contribution in [0.4, 0.5) is 0 Å². The van der Waals surface area contributed by atoms with E-state index in [1.807, 2.05) is 0 Å². The molecule has 2 unspecified atom stereocenters. The van der Waals surface area contributed by atoms with Crippen molar-refractivity contribution in [1.82, 2.24) is 4.90 Å². The number of nitrogens with two attached hydrogens (primary N) is 1. The Morgan fingerprint density at radius 1 is 1.05 bits per heavy atom. The lowest BCUT2D eigenvalue weighted by molar-refractivity contribution is 0.121. The average Bonchev–Trinajstić information content (AvgIpc) is 2.71. The van der Waals surface area contributed by atoms with Crippen LogP contribution in [-0.4, -0.2) is 30.6 Å². The quantitative estimate of drug-likeness (QED) is 0.855. The second-order valence-corrected chi connectivity index (χ2v) is 6.31. The summed E-state index contributed by atoms with van der Waals surface area (Å²) in [5.41, 5.74) is 10.3. The third kappa shape index (κ3) is 2.45. The van der Waals surface area contributed by atoms with E-state index in [0.29, 0.717) is 12.6 Å². The second kappa shape index (κ2) is 5.74. The molecule has 3 rings (SSSR count). The van der Waals surface area contributed by atoms with Gasteiger partial charge in [-0.3, -0.25) is 4.90 Å². The zero-order chi connectivity index (χ0) is 14.1. The van der Waals surface area contributed by atoms with E-state index in [0.717, 1.165) is 5.75 Å². The van der Waals surface area contributed by atoms with Gasteiger partial charge in [0.15, 0.2) is 0 Å². The molecule has 2 aliphatic heterocycles. The lowest BCUT2D eigenvalue weighted by atomic mass is 9.89. The number of aryl methyl sites for hydroxylation is 2. The maximum Gasteiger partial charge on any atom is 0.127 e. The molecule has 0 amide bonds. The van der Waals surface area contributed by atoms with Crippen molar-refractivity contribution in [3.05, 3.63) is 28.8 Å². The molecule has 0 bridgehead atoms. The van der Waals surface area contributed by atoms with Gasteiger partial charge in [-0.05, 0) is 50.9 Å². The van der Waals surface area contributed by atoms with E-state index < -0.39 is 0 Å². The summed E-state index contributed by atoms with van der Waals surface area (Å²) in [7, 11) is 0. The van der Waals surface area contributed by atoms with Crippen LogP contribution < -0.4 is 10.5 Å². The highest BCUT2D eigenvalue weighted by molar-refractivity contribution is 5.49. The summed E-state index contributed by atoms with van der Waals surface area (Å²) in [5, 5.41) is 0. The van der Waals surface area contributed by atoms with Gasteiger partial charge in [-0.25, -0.2) is 0 Å². The molecule has 20 heavy (non-hydrogen) atoms. The Balaban J connectivity index is 2.00. The number of likely N-dealkylation sites (tertiary alicyclic amines) is 1. The maximum absolute atomic E-state index is 6.43. The molecule has 1 fully saturated rings. The van der Waals surface area contributed by atoms with E-state index in [-0.39, 0.29) is 6.04 Å². The van der Waals surface area contributed by atoms with Crippen LogP contribution in [0.5, 0.6) is 5.75 Å². The molecular formula is C17H26N2O. The fraction of sp³-hybridized carbons (Fsp3) is 0.647. The van der Waals surface area contributed by atoms with Crippen LogP contribution >= 0.6 is 0 Å². The van der Waals surface area contributed by atoms with Gasteiger partial charge in [-0.1, -0.05) is 25.0 Å². The van der Waals surface area contributed by atoms with Crippen LogP contribution in [0.25, 0.3) is 0 Å². The van der Waals surface area contributed by atoms with Gasteiger partial charge in [0.25, 0.3) is 0 Å². The highest BCUT2D eigenvalue weighted by Gasteiger charge is 2.35. The molecule has 0 radical (unpaired) electrons. The van der Waals surface area contributed by atoms with Gasteiger partial charge in [0.2, 0.25) is 0 Å². The number of hydrogen-bond acceptors (Lipinski definition) is 3. The van der Waals surface area contributed by atoms with Gasteiger partial charge >= 0.3 is 0 Å². The maximum atomic E-state index is 6.43. The van der Waals surface area contributed by atoms with Crippen molar-refractivity contribution in [2.24, 2.45) is 5.73 Å². The molecule has 2 N–H and O–H groups in total. The number of hydrogen-bond donors (Lipinski definition) is 1. The normalized spacial score (nSPS) is 27.6. The van der Waals surface area contributed by atoms with Crippen molar-refractivity contribution in [3.8, 4) is 5.75 Å². The van der Waals surface area contributed by atoms with Gasteiger partial charge < -0.3 is 10.5 Å². The number of ether oxygens (including phenoxy) is 1. The predicted molar refractivity (Wildman–Crippen MR) is 82.2 cm³/mol. The summed E-state index contributed by atoms with van der Waals surface area (Å²) in [5.74, 6) is 1.08. The van der Waals surface area contributed by atoms with E-state index >= 15 is 0 Å². The van der Waals surface area contributed by atoms with Crippen LogP contribution in [0.15, 0.2) is 12.1 Å². The minimum Gasteiger partial charge on any atom is -0.491 e. The molecule has 2 heterocycles. The first-order valence-electron chi connectivity index (χ1n) is 7.91. The van der Waals surface area contributed by atoms with Crippen LogP contribution in [0.3, 0.4) is 0 Å². The summed E-state index contributed by atoms with van der Waals surface area (Å²) in [4.78, 5) is 2.60. The monoisotopic (exact) mass is 274 g/mol. The number of nitrogens with zero attached hydrogens (tertiary/aromatic N) is 1. The summed E-state index contributed by atoms with van der Waals surface area (Å²) in [6, 6.07) is 4.78. The second-order valence-electron chi connectivity index (χ2n) is 6.31. The smallest absolute Gasteiger partial charge is 0.127 e. The zero-order valence-electron chi connectivity index (χ0n) is 12.7. The topological polar surface area (TPSA) is 38.5 Å². The van der Waals surface area contributed by atoms with Crippen molar-refractivity contribution in [2.45, 2.75) is 51.6 Å². The fourth-order valence-corrected chi connectivity index (χ4v) is 3.68. The number of rotatable bonds is 1. The highest BCUT2D eigenvalue weighted by Crippen LogP contribution is 2.40. The van der Waals surface area contributed by atoms with E-state index in [4.69, 9.17) is 10.5 Å². The molecule has 0 spiro atoms. The van der Waals surface area contributed by atoms with Gasteiger partial charge in [0, 0.05) is 5.56 Å². The Morgan fingerprint density at radius 2 is 1.70 bits per heavy atom. The standard InChI is InChI=1S/C17H26N2O/c1-12-7-8-13(2)17-15(12)16(14(18)11-20-17)19-9-5-3-4-6-10-19/h7-8,14,16H,3-6,9-11,18H2,1-2H3. The first kappa shape index (κ1) is 13.9. The highest BCUT2D eigenvalue weighted by atomic mass is 16.5. The Hall–Kier alpha value is -1.06. The molecule has 110 valence electrons. The largest absolute Gasteiger partial charge is 0.491 e. The first-order chi connectivity index (χ1) is 9.68. The number of benzene rings is 1. The van der Waals surface area contributed by atoms with E-state index in [9.17, 15) is 0 Å². The van der Waals surface area contributed by atoms with Crippen molar-refractivity contribution < 1.29 is 4.74 Å². The van der Waals surface area contributed by atoms with Crippen molar-refractivity contribution in [2.75, 3.05) is 19.7 Å². The molecule has 2 atom stereocenters. The molecule has 0 aromatic heterocycles. The Bertz CT molecular complexity index is 478. The number of fused-ring (bicyclic) bond motifs is 1. The van der Waals surface area contributed by atoms with Gasteiger partial charge in [-0.15, -0.1) is 0 Å². The SMILES string of the molecule is Cc1ccc(C)c2c1OCC(N)C2N1CCCCCC1. The van der Waals surface area contributed by atoms with Crippen molar-refractivity contribution in [1.29, 1.82) is 0 Å². The van der Waals surface area contributed by atoms with Crippen LogP contribution in [0, 0.1) is 13.8 Å². The molecule has 3 heteroatoms. The van der Waals surface area contributed by atoms with E-state index in [1.54, 1.807) is 0 Å². The minimum atomic E-state index is 0.0844. The van der Waals surface area contributed by atoms with Crippen LogP contribution in [0.2, 0.25) is 0 Å². The molecule has 1 aromatic carbocycles. The van der Waals surface area contributed by atoms with E-state index in [2.05, 4.69) is 30.9 Å². The molecule has 1 aromatic rings. The molecule has 1 saturated heterocycles. The van der Waals surface area contributed by atoms with Crippen molar-refractivity contribution >= 4 is 0 Å². The van der Waals surface area contributed by atoms with E-state index in [1.165, 1.54) is 55.5 Å². The lowest BCUT2D eigenvalue weighted by Crippen LogP contribution is -2.47. The third-order valence-corrected chi connectivity index (χ3v) is 4.77. The van der Waals surface area contributed by atoms with Gasteiger partial charge in [-0.2, -0.15) is 0 Å². The third-order valence-electron chi connectivity index (χ3n) is 4.77. The molecular weight excluding hydrogens is 248 g/mol. The van der Waals surface area contributed by atoms with Crippen LogP contribution in [-0.2, 0) is 0 Å². The predicted octanol–water partition coefficient (Wildman–Crippen LogP) is 2.94. The molecule has 0 aliphatic carbocycles. The lowest BCUT2D eigenvalue weighted by Gasteiger charge is -2.40. The molecule has 3 nitrogen and oxygen atoms in total. The fourth-order valence-electron chi connectivity index (χ4n) is 3.68. The minimum absolute atomic E-state index is 0.0844.